The predicted octanol–water partition coefficient (Wildman–Crippen LogP) is 4.21. The van der Waals surface area contributed by atoms with Crippen LogP contribution < -0.4 is 14.8 Å². The fourth-order valence-electron chi connectivity index (χ4n) is 2.28. The molecule has 0 aliphatic rings. The monoisotopic (exact) mass is 359 g/mol. The Kier molecular flexibility index (Phi) is 6.25. The van der Waals surface area contributed by atoms with Gasteiger partial charge in [-0.25, -0.2) is 4.39 Å². The SMILES string of the molecule is COc1cc(OC)c(F)c(C(Nc2ccc(C#N)cc2)C(=N)SC)c1. The van der Waals surface area contributed by atoms with Crippen LogP contribution in [0.5, 0.6) is 11.5 Å². The minimum Gasteiger partial charge on any atom is -0.497 e. The Hall–Kier alpha value is -2.72. The van der Waals surface area contributed by atoms with E-state index in [1.165, 1.54) is 32.0 Å². The summed E-state index contributed by atoms with van der Waals surface area (Å²) in [5.41, 5.74) is 1.44. The number of rotatable bonds is 6. The lowest BCUT2D eigenvalue weighted by molar-refractivity contribution is 0.371. The zero-order valence-electron chi connectivity index (χ0n) is 14.1. The standard InChI is InChI=1S/C18H18FN3O2S/c1-23-13-8-14(16(19)15(9-13)24-2)17(18(21)25-3)22-12-6-4-11(10-20)5-7-12/h4-9,17,21-22H,1-3H3. The summed E-state index contributed by atoms with van der Waals surface area (Å²) in [6.07, 6.45) is 1.76. The van der Waals surface area contributed by atoms with Crippen LogP contribution in [0.15, 0.2) is 36.4 Å². The summed E-state index contributed by atoms with van der Waals surface area (Å²) in [6.45, 7) is 0. The van der Waals surface area contributed by atoms with Crippen LogP contribution in [0.25, 0.3) is 0 Å². The summed E-state index contributed by atoms with van der Waals surface area (Å²) < 4.78 is 25.1. The lowest BCUT2D eigenvalue weighted by Crippen LogP contribution is -2.20. The molecule has 0 spiro atoms. The largest absolute Gasteiger partial charge is 0.497 e. The average Bonchev–Trinajstić information content (AvgIpc) is 2.66. The predicted molar refractivity (Wildman–Crippen MR) is 98.3 cm³/mol. The van der Waals surface area contributed by atoms with Crippen molar-refractivity contribution in [2.75, 3.05) is 25.8 Å². The molecule has 5 nitrogen and oxygen atoms in total. The van der Waals surface area contributed by atoms with E-state index in [1.807, 2.05) is 6.07 Å². The van der Waals surface area contributed by atoms with Crippen molar-refractivity contribution in [2.45, 2.75) is 6.04 Å². The van der Waals surface area contributed by atoms with E-state index in [2.05, 4.69) is 5.32 Å². The second kappa shape index (κ2) is 8.40. The van der Waals surface area contributed by atoms with E-state index < -0.39 is 11.9 Å². The molecule has 2 N–H and O–H groups in total. The summed E-state index contributed by atoms with van der Waals surface area (Å²) in [4.78, 5) is 0. The number of nitriles is 1. The van der Waals surface area contributed by atoms with Crippen LogP contribution in [0.4, 0.5) is 10.1 Å². The number of halogens is 1. The number of methoxy groups -OCH3 is 2. The van der Waals surface area contributed by atoms with E-state index in [-0.39, 0.29) is 16.4 Å². The van der Waals surface area contributed by atoms with Gasteiger partial charge < -0.3 is 14.8 Å². The summed E-state index contributed by atoms with van der Waals surface area (Å²) in [5, 5.41) is 20.5. The maximum Gasteiger partial charge on any atom is 0.171 e. The van der Waals surface area contributed by atoms with Gasteiger partial charge in [0.15, 0.2) is 11.6 Å². The Morgan fingerprint density at radius 2 is 1.92 bits per heavy atom. The molecule has 0 bridgehead atoms. The highest BCUT2D eigenvalue weighted by atomic mass is 32.2. The zero-order valence-corrected chi connectivity index (χ0v) is 14.9. The molecule has 0 aliphatic carbocycles. The minimum absolute atomic E-state index is 0.0508. The molecule has 0 aromatic heterocycles. The van der Waals surface area contributed by atoms with Crippen molar-refractivity contribution in [2.24, 2.45) is 0 Å². The van der Waals surface area contributed by atoms with Gasteiger partial charge >= 0.3 is 0 Å². The van der Waals surface area contributed by atoms with Crippen molar-refractivity contribution in [1.82, 2.24) is 0 Å². The van der Waals surface area contributed by atoms with Gasteiger partial charge in [0.1, 0.15) is 11.8 Å². The van der Waals surface area contributed by atoms with Gasteiger partial charge in [0, 0.05) is 17.3 Å². The van der Waals surface area contributed by atoms with E-state index in [4.69, 9.17) is 20.1 Å². The fraction of sp³-hybridized carbons (Fsp3) is 0.222. The Bertz CT molecular complexity index is 803. The van der Waals surface area contributed by atoms with Crippen molar-refractivity contribution in [3.05, 3.63) is 53.3 Å². The molecule has 2 rings (SSSR count). The van der Waals surface area contributed by atoms with Crippen LogP contribution in [-0.4, -0.2) is 25.5 Å². The first-order valence-corrected chi connectivity index (χ1v) is 8.57. The van der Waals surface area contributed by atoms with E-state index in [1.54, 1.807) is 36.6 Å². The molecular weight excluding hydrogens is 341 g/mol. The molecular formula is C18H18FN3O2S. The van der Waals surface area contributed by atoms with Gasteiger partial charge in [-0.3, -0.25) is 5.41 Å². The Balaban J connectivity index is 2.47. The van der Waals surface area contributed by atoms with Crippen LogP contribution in [0, 0.1) is 22.6 Å². The molecule has 0 amide bonds. The normalized spacial score (nSPS) is 11.3. The summed E-state index contributed by atoms with van der Waals surface area (Å²) in [5.74, 6) is -0.0584. The molecule has 0 radical (unpaired) electrons. The molecule has 1 atom stereocenters. The molecule has 130 valence electrons. The van der Waals surface area contributed by atoms with Gasteiger partial charge in [-0.05, 0) is 36.6 Å². The number of anilines is 1. The maximum absolute atomic E-state index is 14.8. The first kappa shape index (κ1) is 18.6. The molecule has 0 fully saturated rings. The van der Waals surface area contributed by atoms with Crippen LogP contribution in [-0.2, 0) is 0 Å². The van der Waals surface area contributed by atoms with Crippen LogP contribution >= 0.6 is 11.8 Å². The van der Waals surface area contributed by atoms with Crippen molar-refractivity contribution in [3.63, 3.8) is 0 Å². The smallest absolute Gasteiger partial charge is 0.171 e. The van der Waals surface area contributed by atoms with Gasteiger partial charge in [-0.2, -0.15) is 5.26 Å². The minimum atomic E-state index is -0.716. The zero-order chi connectivity index (χ0) is 18.4. The molecule has 1 unspecified atom stereocenters. The molecule has 2 aromatic rings. The van der Waals surface area contributed by atoms with Crippen molar-refractivity contribution in [1.29, 1.82) is 10.7 Å². The maximum atomic E-state index is 14.8. The van der Waals surface area contributed by atoms with Crippen LogP contribution in [0.3, 0.4) is 0 Å². The number of ether oxygens (including phenoxy) is 2. The number of hydrogen-bond acceptors (Lipinski definition) is 6. The molecule has 7 heteroatoms. The molecule has 25 heavy (non-hydrogen) atoms. The van der Waals surface area contributed by atoms with Crippen LogP contribution in [0.2, 0.25) is 0 Å². The van der Waals surface area contributed by atoms with Crippen LogP contribution in [0.1, 0.15) is 17.2 Å². The van der Waals surface area contributed by atoms with E-state index in [0.29, 0.717) is 17.0 Å². The third-order valence-electron chi connectivity index (χ3n) is 3.61. The molecule has 0 saturated carbocycles. The summed E-state index contributed by atoms with van der Waals surface area (Å²) in [7, 11) is 2.87. The molecule has 0 aliphatic heterocycles. The lowest BCUT2D eigenvalue weighted by Gasteiger charge is -2.22. The van der Waals surface area contributed by atoms with Crippen molar-refractivity contribution in [3.8, 4) is 17.6 Å². The summed E-state index contributed by atoms with van der Waals surface area (Å²) >= 11 is 1.21. The van der Waals surface area contributed by atoms with Gasteiger partial charge in [0.25, 0.3) is 0 Å². The summed E-state index contributed by atoms with van der Waals surface area (Å²) in [6, 6.07) is 11.1. The van der Waals surface area contributed by atoms with E-state index in [0.717, 1.165) is 0 Å². The number of nitrogens with one attached hydrogen (secondary N) is 2. The molecule has 2 aromatic carbocycles. The second-order valence-corrected chi connectivity index (χ2v) is 5.92. The van der Waals surface area contributed by atoms with Gasteiger partial charge in [-0.1, -0.05) is 0 Å². The quantitative estimate of drug-likeness (QED) is 0.597. The number of nitrogens with zero attached hydrogens (tertiary/aromatic N) is 1. The Morgan fingerprint density at radius 1 is 1.24 bits per heavy atom. The van der Waals surface area contributed by atoms with Gasteiger partial charge in [-0.15, -0.1) is 11.8 Å². The number of hydrogen-bond donors (Lipinski definition) is 2. The van der Waals surface area contributed by atoms with Crippen molar-refractivity contribution < 1.29 is 13.9 Å². The highest BCUT2D eigenvalue weighted by Crippen LogP contribution is 2.34. The Morgan fingerprint density at radius 3 is 2.44 bits per heavy atom. The van der Waals surface area contributed by atoms with Gasteiger partial charge in [0.05, 0.1) is 30.9 Å². The van der Waals surface area contributed by atoms with Gasteiger partial charge in [0.2, 0.25) is 0 Å². The van der Waals surface area contributed by atoms with E-state index in [9.17, 15) is 4.39 Å². The lowest BCUT2D eigenvalue weighted by atomic mass is 10.0. The third kappa shape index (κ3) is 4.22. The second-order valence-electron chi connectivity index (χ2n) is 5.07. The highest BCUT2D eigenvalue weighted by molar-refractivity contribution is 8.13. The first-order chi connectivity index (χ1) is 12.0. The van der Waals surface area contributed by atoms with E-state index >= 15 is 0 Å². The topological polar surface area (TPSA) is 78.1 Å². The number of thioether (sulfide) groups is 1. The number of benzene rings is 2. The molecule has 0 heterocycles. The fourth-order valence-corrected chi connectivity index (χ4v) is 2.70. The third-order valence-corrected chi connectivity index (χ3v) is 4.29. The van der Waals surface area contributed by atoms with Crippen molar-refractivity contribution >= 4 is 22.5 Å². The Labute approximate surface area is 150 Å². The highest BCUT2D eigenvalue weighted by Gasteiger charge is 2.24. The average molecular weight is 359 g/mol. The molecule has 0 saturated heterocycles. The first-order valence-electron chi connectivity index (χ1n) is 7.34.